The van der Waals surface area contributed by atoms with E-state index in [1.807, 2.05) is 72.0 Å². The Morgan fingerprint density at radius 3 is 1.05 bits per heavy atom. The van der Waals surface area contributed by atoms with E-state index in [1.165, 1.54) is 151 Å². The molecule has 0 amide bonds. The summed E-state index contributed by atoms with van der Waals surface area (Å²) in [5, 5.41) is 21.6. The van der Waals surface area contributed by atoms with Crippen molar-refractivity contribution < 1.29 is 4.42 Å². The van der Waals surface area contributed by atoms with Gasteiger partial charge in [0.25, 0.3) is 0 Å². The van der Waals surface area contributed by atoms with E-state index in [2.05, 4.69) is 434 Å². The maximum absolute atomic E-state index is 6.36. The predicted octanol–water partition coefficient (Wildman–Crippen LogP) is 35.4. The Morgan fingerprint density at radius 1 is 0.201 bits per heavy atom. The molecule has 0 fully saturated rings. The molecule has 0 atom stereocenters. The largest absolute Gasteiger partial charge is 0.456 e. The third-order valence-corrected chi connectivity index (χ3v) is 30.8. The van der Waals surface area contributed by atoms with Crippen molar-refractivity contribution in [2.75, 3.05) is 0 Å². The van der Waals surface area contributed by atoms with Gasteiger partial charge in [-0.05, 0) is 232 Å². The predicted molar refractivity (Wildman–Crippen MR) is 602 cm³/mol. The summed E-state index contributed by atoms with van der Waals surface area (Å²) >= 11 is 1.83. The van der Waals surface area contributed by atoms with Gasteiger partial charge < -0.3 is 4.42 Å². The highest BCUT2D eigenvalue weighted by Crippen LogP contribution is 2.53. The normalized spacial score (nSPS) is 12.4. The van der Waals surface area contributed by atoms with E-state index < -0.39 is 0 Å². The Hall–Kier alpha value is -18.7. The lowest BCUT2D eigenvalue weighted by atomic mass is 9.82. The minimum absolute atomic E-state index is 0.122. The van der Waals surface area contributed by atoms with Crippen molar-refractivity contribution in [3.63, 3.8) is 0 Å². The lowest BCUT2D eigenvalue weighted by Crippen LogP contribution is -2.15. The quantitative estimate of drug-likeness (QED) is 0.142. The number of thiophene rings is 1. The zero-order valence-corrected chi connectivity index (χ0v) is 79.1. The fourth-order valence-electron chi connectivity index (χ4n) is 22.9. The summed E-state index contributed by atoms with van der Waals surface area (Å²) in [5.41, 5.74) is 31.5. The summed E-state index contributed by atoms with van der Waals surface area (Å²) in [6.45, 7) is 4.66. The van der Waals surface area contributed by atoms with Gasteiger partial charge in [0.15, 0.2) is 17.5 Å². The molecule has 0 aliphatic heterocycles. The van der Waals surface area contributed by atoms with Crippen molar-refractivity contribution in [3.05, 3.63) is 478 Å². The van der Waals surface area contributed by atoms with Crippen LogP contribution in [0.25, 0.3) is 279 Å². The summed E-state index contributed by atoms with van der Waals surface area (Å²) in [6, 6.07) is 167. The van der Waals surface area contributed by atoms with Crippen LogP contribution in [0.4, 0.5) is 0 Å². The van der Waals surface area contributed by atoms with Gasteiger partial charge in [-0.1, -0.05) is 347 Å². The van der Waals surface area contributed by atoms with Gasteiger partial charge in [0.05, 0.1) is 66.2 Å². The van der Waals surface area contributed by atoms with Crippen LogP contribution >= 0.6 is 11.3 Å². The molecular weight excluding hydrogens is 1770 g/mol. The topological polar surface area (TPSA) is 105 Å². The Balaban J connectivity index is 0.000000103. The highest BCUT2D eigenvalue weighted by molar-refractivity contribution is 7.25. The number of para-hydroxylation sites is 7. The molecule has 1 aliphatic rings. The third-order valence-electron chi connectivity index (χ3n) is 29.7. The number of hydrogen-bond donors (Lipinski definition) is 0. The minimum Gasteiger partial charge on any atom is -0.456 e. The van der Waals surface area contributed by atoms with Crippen LogP contribution in [0.3, 0.4) is 0 Å². The summed E-state index contributed by atoms with van der Waals surface area (Å²) < 4.78 is 15.9. The second-order valence-electron chi connectivity index (χ2n) is 38.3. The van der Waals surface area contributed by atoms with E-state index in [-0.39, 0.29) is 5.41 Å². The van der Waals surface area contributed by atoms with Gasteiger partial charge >= 0.3 is 0 Å². The van der Waals surface area contributed by atoms with Crippen LogP contribution in [-0.4, -0.2) is 43.6 Å². The SMILES string of the molecule is CC1(C)c2ccccc2-c2ccc(-c3nc4ccccc4nc3-n3c4cc5ccccc5cc4c4c(-c5ccccc5)cccc43)cc21.c1ccc(-c2cccc3c2c2cc4ccccc4cc2n3-c2nc3ccccc3nc2-c2ccc3c(c2)sc2ccccc23)cc1.c1ccc2cc(-c3cccc4c3c3cc5ccccc5cc3n4-c3nc4ccccc4nc3-c3ccc4c(c3)oc3ccccc34)ccc2c1. The molecule has 144 heavy (non-hydrogen) atoms. The molecule has 0 saturated heterocycles. The van der Waals surface area contributed by atoms with Gasteiger partial charge in [-0.25, -0.2) is 29.9 Å². The maximum Gasteiger partial charge on any atom is 0.165 e. The first kappa shape index (κ1) is 82.4. The van der Waals surface area contributed by atoms with Crippen LogP contribution in [0, 0.1) is 0 Å². The zero-order chi connectivity index (χ0) is 94.9. The molecule has 672 valence electrons. The molecule has 1 aliphatic carbocycles. The van der Waals surface area contributed by atoms with Crippen molar-refractivity contribution in [1.29, 1.82) is 0 Å². The molecule has 0 saturated carbocycles. The number of benzene rings is 22. The van der Waals surface area contributed by atoms with E-state index in [0.29, 0.717) is 0 Å². The third kappa shape index (κ3) is 13.2. The van der Waals surface area contributed by atoms with Crippen LogP contribution in [-0.2, 0) is 5.41 Å². The first-order valence-corrected chi connectivity index (χ1v) is 49.8. The molecule has 8 heterocycles. The van der Waals surface area contributed by atoms with Gasteiger partial charge in [-0.2, -0.15) is 0 Å². The first-order valence-electron chi connectivity index (χ1n) is 49.0. The number of aromatic nitrogens is 9. The average Bonchev–Trinajstić information content (AvgIpc) is 1.57. The molecule has 0 unspecified atom stereocenters. The van der Waals surface area contributed by atoms with E-state index in [9.17, 15) is 0 Å². The molecule has 10 nitrogen and oxygen atoms in total. The number of fused-ring (bicyclic) bond motifs is 25. The second kappa shape index (κ2) is 32.7. The Kier molecular flexibility index (Phi) is 18.7. The highest BCUT2D eigenvalue weighted by Gasteiger charge is 2.37. The molecule has 0 N–H and O–H groups in total. The van der Waals surface area contributed by atoms with Gasteiger partial charge in [0.1, 0.15) is 28.2 Å². The molecule has 0 radical (unpaired) electrons. The fourth-order valence-corrected chi connectivity index (χ4v) is 24.0. The zero-order valence-electron chi connectivity index (χ0n) is 78.3. The van der Waals surface area contributed by atoms with Crippen molar-refractivity contribution in [2.24, 2.45) is 0 Å². The van der Waals surface area contributed by atoms with E-state index in [1.54, 1.807) is 0 Å². The standard InChI is InChI=1S/C46H27N3O.C45H31N3.C42H25N3S/c1-2-11-29-24-32(21-20-28(29)10-1)34-15-9-18-40-44(34)37-25-30-12-3-4-13-31(30)26-41(37)49(40)46-45(47-38-16-6-7-17-39(38)48-46)33-22-23-36-35-14-5-8-19-42(35)50-43(36)27-33;1-45(2)36-19-9-8-17-33(36)34-24-23-31(26-37(34)45)43-44(47-39-21-11-10-20-38(39)46-43)48-40-22-12-18-32(28-13-4-3-5-14-28)42(40)35-25-29-15-6-7-16-30(29)27-41(35)48;1-2-11-26(12-3-1)30-16-10-19-36-40(30)33-23-27-13-4-5-14-28(27)24-37(33)45(36)42-41(43-34-17-7-8-18-35(34)44-42)29-21-22-32-31-15-6-9-20-38(31)46-39(32)25-29/h1-27H;3-27H,1-2H3;1-25H. The fraction of sp³-hybridized carbons (Fsp3) is 0.0226. The van der Waals surface area contributed by atoms with Gasteiger partial charge in [0.2, 0.25) is 0 Å². The summed E-state index contributed by atoms with van der Waals surface area (Å²) in [5.74, 6) is 2.45. The molecular formula is C133H83N9OS. The number of nitrogens with zero attached hydrogens (tertiary/aromatic N) is 9. The van der Waals surface area contributed by atoms with Crippen LogP contribution in [0.15, 0.2) is 472 Å². The van der Waals surface area contributed by atoms with Crippen molar-refractivity contribution in [1.82, 2.24) is 43.6 Å². The highest BCUT2D eigenvalue weighted by atomic mass is 32.1. The molecule has 22 aromatic carbocycles. The van der Waals surface area contributed by atoms with Gasteiger partial charge in [0, 0.05) is 85.4 Å². The monoisotopic (exact) mass is 1850 g/mol. The van der Waals surface area contributed by atoms with Crippen LogP contribution in [0.1, 0.15) is 25.0 Å². The summed E-state index contributed by atoms with van der Waals surface area (Å²) in [7, 11) is 0. The smallest absolute Gasteiger partial charge is 0.165 e. The molecule has 31 rings (SSSR count). The Labute approximate surface area is 830 Å². The molecule has 0 spiro atoms. The molecule has 8 aromatic heterocycles. The number of hydrogen-bond acceptors (Lipinski definition) is 8. The van der Waals surface area contributed by atoms with Gasteiger partial charge in [-0.15, -0.1) is 11.3 Å². The van der Waals surface area contributed by atoms with Crippen LogP contribution in [0.2, 0.25) is 0 Å². The van der Waals surface area contributed by atoms with Crippen molar-refractivity contribution in [2.45, 2.75) is 19.3 Å². The Morgan fingerprint density at radius 2 is 0.549 bits per heavy atom. The second-order valence-corrected chi connectivity index (χ2v) is 39.3. The molecule has 0 bridgehead atoms. The van der Waals surface area contributed by atoms with Crippen LogP contribution < -0.4 is 0 Å². The van der Waals surface area contributed by atoms with E-state index >= 15 is 0 Å². The molecule has 11 heteroatoms. The maximum atomic E-state index is 6.36. The Bertz CT molecular complexity index is 10600. The number of furan rings is 1. The first-order chi connectivity index (χ1) is 71.1. The summed E-state index contributed by atoms with van der Waals surface area (Å²) in [4.78, 5) is 32.3. The van der Waals surface area contributed by atoms with E-state index in [0.717, 1.165) is 139 Å². The van der Waals surface area contributed by atoms with Crippen LogP contribution in [0.5, 0.6) is 0 Å². The average molecular weight is 1860 g/mol. The van der Waals surface area contributed by atoms with Crippen molar-refractivity contribution in [3.8, 4) is 95.7 Å². The van der Waals surface area contributed by atoms with Gasteiger partial charge in [-0.3, -0.25) is 13.7 Å². The number of rotatable bonds is 9. The lowest BCUT2D eigenvalue weighted by Gasteiger charge is -2.22. The summed E-state index contributed by atoms with van der Waals surface area (Å²) in [6.07, 6.45) is 0. The van der Waals surface area contributed by atoms with Crippen molar-refractivity contribution >= 4 is 195 Å². The van der Waals surface area contributed by atoms with E-state index in [4.69, 9.17) is 34.3 Å². The minimum atomic E-state index is -0.122. The molecule has 30 aromatic rings. The lowest BCUT2D eigenvalue weighted by molar-refractivity contribution is 0.660.